The molecule has 1 fully saturated rings. The Morgan fingerprint density at radius 3 is 2.92 bits per heavy atom. The third-order valence-corrected chi connectivity index (χ3v) is 4.99. The van der Waals surface area contributed by atoms with E-state index in [1.165, 1.54) is 19.3 Å². The average molecular weight is 341 g/mol. The van der Waals surface area contributed by atoms with Gasteiger partial charge in [0, 0.05) is 37.3 Å². The van der Waals surface area contributed by atoms with E-state index in [4.69, 9.17) is 4.52 Å². The molecule has 1 aliphatic carbocycles. The van der Waals surface area contributed by atoms with Crippen molar-refractivity contribution in [3.63, 3.8) is 0 Å². The van der Waals surface area contributed by atoms with Crippen LogP contribution in [-0.2, 0) is 13.6 Å². The number of aromatic nitrogens is 5. The van der Waals surface area contributed by atoms with Gasteiger partial charge in [-0.25, -0.2) is 4.98 Å². The number of nitrogens with zero attached hydrogens (tertiary/aromatic N) is 5. The number of aryl methyl sites for hydroxylation is 1. The third kappa shape index (κ3) is 3.37. The Morgan fingerprint density at radius 1 is 1.32 bits per heavy atom. The zero-order valence-corrected chi connectivity index (χ0v) is 14.4. The molecule has 4 rings (SSSR count). The summed E-state index contributed by atoms with van der Waals surface area (Å²) in [6, 6.07) is 1.91. The van der Waals surface area contributed by atoms with Crippen LogP contribution in [-0.4, -0.2) is 29.6 Å². The molecule has 25 heavy (non-hydrogen) atoms. The van der Waals surface area contributed by atoms with Gasteiger partial charge >= 0.3 is 0 Å². The van der Waals surface area contributed by atoms with Crippen molar-refractivity contribution < 1.29 is 9.63 Å². The number of imidazole rings is 1. The van der Waals surface area contributed by atoms with Crippen LogP contribution in [0.1, 0.15) is 49.8 Å². The quantitative estimate of drug-likeness (QED) is 0.771. The van der Waals surface area contributed by atoms with Crippen LogP contribution < -0.4 is 0 Å². The van der Waals surface area contributed by atoms with E-state index in [1.807, 2.05) is 30.1 Å². The predicted molar refractivity (Wildman–Crippen MR) is 91.6 cm³/mol. The largest absolute Gasteiger partial charge is 0.385 e. The van der Waals surface area contributed by atoms with Gasteiger partial charge in [-0.15, -0.1) is 0 Å². The Balaban J connectivity index is 1.50. The summed E-state index contributed by atoms with van der Waals surface area (Å²) in [5, 5.41) is 19.0. The van der Waals surface area contributed by atoms with Gasteiger partial charge in [-0.2, -0.15) is 5.10 Å². The van der Waals surface area contributed by atoms with Crippen LogP contribution >= 0.6 is 0 Å². The lowest BCUT2D eigenvalue weighted by Crippen LogP contribution is -2.20. The molecule has 1 atom stereocenters. The van der Waals surface area contributed by atoms with Crippen LogP contribution in [0.2, 0.25) is 0 Å². The second-order valence-corrected chi connectivity index (χ2v) is 6.84. The summed E-state index contributed by atoms with van der Waals surface area (Å²) in [6.45, 7) is 0.506. The molecule has 1 N–H and O–H groups in total. The fourth-order valence-corrected chi connectivity index (χ4v) is 3.63. The minimum absolute atomic E-state index is 0.301. The third-order valence-electron chi connectivity index (χ3n) is 4.99. The van der Waals surface area contributed by atoms with Crippen molar-refractivity contribution >= 4 is 0 Å². The highest BCUT2D eigenvalue weighted by molar-refractivity contribution is 5.56. The fraction of sp³-hybridized carbons (Fsp3) is 0.500. The summed E-state index contributed by atoms with van der Waals surface area (Å²) in [6.07, 6.45) is 12.6. The first kappa shape index (κ1) is 16.1. The van der Waals surface area contributed by atoms with E-state index in [9.17, 15) is 5.11 Å². The lowest BCUT2D eigenvalue weighted by Gasteiger charge is -2.26. The molecular formula is C18H23N5O2. The smallest absolute Gasteiger partial charge is 0.157 e. The van der Waals surface area contributed by atoms with Gasteiger partial charge in [-0.1, -0.05) is 24.4 Å². The molecule has 0 bridgehead atoms. The van der Waals surface area contributed by atoms with Gasteiger partial charge < -0.3 is 14.2 Å². The SMILES string of the molecule is Cn1cc(-c2cc(Cn3ccnc3C(O)C3CCCCC3)on2)cn1. The summed E-state index contributed by atoms with van der Waals surface area (Å²) in [4.78, 5) is 4.39. The van der Waals surface area contributed by atoms with E-state index in [2.05, 4.69) is 15.2 Å². The molecule has 1 aliphatic rings. The number of hydrogen-bond acceptors (Lipinski definition) is 5. The van der Waals surface area contributed by atoms with Crippen molar-refractivity contribution in [3.8, 4) is 11.3 Å². The predicted octanol–water partition coefficient (Wildman–Crippen LogP) is 2.93. The van der Waals surface area contributed by atoms with Crippen molar-refractivity contribution in [3.05, 3.63) is 42.4 Å². The first-order chi connectivity index (χ1) is 12.2. The highest BCUT2D eigenvalue weighted by Crippen LogP contribution is 2.33. The molecule has 0 radical (unpaired) electrons. The topological polar surface area (TPSA) is 81.9 Å². The normalized spacial score (nSPS) is 17.0. The zero-order chi connectivity index (χ0) is 17.2. The highest BCUT2D eigenvalue weighted by atomic mass is 16.5. The van der Waals surface area contributed by atoms with Crippen LogP contribution in [0.4, 0.5) is 0 Å². The van der Waals surface area contributed by atoms with Gasteiger partial charge in [0.1, 0.15) is 17.6 Å². The number of aliphatic hydroxyl groups excluding tert-OH is 1. The molecule has 0 amide bonds. The Kier molecular flexibility index (Phi) is 4.40. The van der Waals surface area contributed by atoms with Gasteiger partial charge in [-0.05, 0) is 18.8 Å². The van der Waals surface area contributed by atoms with Crippen molar-refractivity contribution in [1.29, 1.82) is 0 Å². The summed E-state index contributed by atoms with van der Waals surface area (Å²) in [7, 11) is 1.87. The molecule has 3 aromatic rings. The van der Waals surface area contributed by atoms with E-state index >= 15 is 0 Å². The Morgan fingerprint density at radius 2 is 2.16 bits per heavy atom. The summed E-state index contributed by atoms with van der Waals surface area (Å²) in [5.74, 6) is 1.75. The molecule has 7 heteroatoms. The molecule has 0 aromatic carbocycles. The van der Waals surface area contributed by atoms with E-state index in [1.54, 1.807) is 17.1 Å². The molecule has 132 valence electrons. The Labute approximate surface area is 146 Å². The molecular weight excluding hydrogens is 318 g/mol. The zero-order valence-electron chi connectivity index (χ0n) is 14.4. The summed E-state index contributed by atoms with van der Waals surface area (Å²) in [5.41, 5.74) is 1.68. The maximum Gasteiger partial charge on any atom is 0.157 e. The fourth-order valence-electron chi connectivity index (χ4n) is 3.63. The molecule has 3 heterocycles. The van der Waals surface area contributed by atoms with Gasteiger partial charge in [-0.3, -0.25) is 4.68 Å². The Bertz CT molecular complexity index is 828. The summed E-state index contributed by atoms with van der Waals surface area (Å²) >= 11 is 0. The van der Waals surface area contributed by atoms with Crippen LogP contribution in [0.15, 0.2) is 35.4 Å². The summed E-state index contributed by atoms with van der Waals surface area (Å²) < 4.78 is 9.15. The van der Waals surface area contributed by atoms with Crippen molar-refractivity contribution in [1.82, 2.24) is 24.5 Å². The van der Waals surface area contributed by atoms with E-state index < -0.39 is 6.10 Å². The second-order valence-electron chi connectivity index (χ2n) is 6.84. The monoisotopic (exact) mass is 341 g/mol. The first-order valence-corrected chi connectivity index (χ1v) is 8.84. The maximum absolute atomic E-state index is 10.7. The van der Waals surface area contributed by atoms with Crippen LogP contribution in [0, 0.1) is 5.92 Å². The molecule has 0 aliphatic heterocycles. The minimum Gasteiger partial charge on any atom is -0.385 e. The van der Waals surface area contributed by atoms with Gasteiger partial charge in [0.05, 0.1) is 12.7 Å². The highest BCUT2D eigenvalue weighted by Gasteiger charge is 2.26. The van der Waals surface area contributed by atoms with Gasteiger partial charge in [0.15, 0.2) is 5.76 Å². The Hall–Kier alpha value is -2.41. The van der Waals surface area contributed by atoms with Crippen molar-refractivity contribution in [2.24, 2.45) is 13.0 Å². The van der Waals surface area contributed by atoms with E-state index in [0.29, 0.717) is 18.3 Å². The number of hydrogen-bond donors (Lipinski definition) is 1. The van der Waals surface area contributed by atoms with Crippen LogP contribution in [0.3, 0.4) is 0 Å². The molecule has 3 aromatic heterocycles. The molecule has 1 unspecified atom stereocenters. The average Bonchev–Trinajstić information content (AvgIpc) is 3.36. The van der Waals surface area contributed by atoms with Gasteiger partial charge in [0.2, 0.25) is 0 Å². The number of rotatable bonds is 5. The molecule has 0 spiro atoms. The lowest BCUT2D eigenvalue weighted by molar-refractivity contribution is 0.0740. The van der Waals surface area contributed by atoms with Crippen molar-refractivity contribution in [2.45, 2.75) is 44.8 Å². The first-order valence-electron chi connectivity index (χ1n) is 8.84. The second kappa shape index (κ2) is 6.84. The van der Waals surface area contributed by atoms with E-state index in [-0.39, 0.29) is 0 Å². The van der Waals surface area contributed by atoms with Gasteiger partial charge in [0.25, 0.3) is 0 Å². The van der Waals surface area contributed by atoms with Crippen molar-refractivity contribution in [2.75, 3.05) is 0 Å². The van der Waals surface area contributed by atoms with E-state index in [0.717, 1.165) is 29.9 Å². The maximum atomic E-state index is 10.7. The standard InChI is InChI=1S/C18H23N5O2/c1-22-11-14(10-20-22)16-9-15(25-21-16)12-23-8-7-19-18(23)17(24)13-5-3-2-4-6-13/h7-11,13,17,24H,2-6,12H2,1H3. The molecule has 0 saturated heterocycles. The van der Waals surface area contributed by atoms with Crippen LogP contribution in [0.25, 0.3) is 11.3 Å². The molecule has 7 nitrogen and oxygen atoms in total. The lowest BCUT2D eigenvalue weighted by atomic mass is 9.85. The van der Waals surface area contributed by atoms with Crippen LogP contribution in [0.5, 0.6) is 0 Å². The number of aliphatic hydroxyl groups is 1. The minimum atomic E-state index is -0.518. The molecule has 1 saturated carbocycles.